The number of rotatable bonds is 4. The summed E-state index contributed by atoms with van der Waals surface area (Å²) in [4.78, 5) is 17.4. The molecular weight excluding hydrogens is 258 g/mol. The van der Waals surface area contributed by atoms with Crippen LogP contribution in [0.15, 0.2) is 18.5 Å². The molecule has 1 N–H and O–H groups in total. The van der Waals surface area contributed by atoms with Crippen molar-refractivity contribution < 1.29 is 9.90 Å². The fraction of sp³-hybridized carbons (Fsp3) is 0.692. The van der Waals surface area contributed by atoms with Crippen molar-refractivity contribution in [2.45, 2.75) is 12.6 Å². The number of urea groups is 1. The summed E-state index contributed by atoms with van der Waals surface area (Å²) in [7, 11) is 3.53. The molecule has 0 bridgehead atoms. The van der Waals surface area contributed by atoms with Crippen LogP contribution < -0.4 is 0 Å². The normalized spacial score (nSPS) is 18.1. The number of amides is 2. The second-order valence-electron chi connectivity index (χ2n) is 5.35. The van der Waals surface area contributed by atoms with E-state index in [0.717, 1.165) is 13.1 Å². The maximum absolute atomic E-state index is 11.8. The lowest BCUT2D eigenvalue weighted by atomic mass is 10.2. The van der Waals surface area contributed by atoms with Crippen molar-refractivity contribution in [1.29, 1.82) is 0 Å². The lowest BCUT2D eigenvalue weighted by Gasteiger charge is -2.36. The fourth-order valence-corrected chi connectivity index (χ4v) is 2.38. The highest BCUT2D eigenvalue weighted by Crippen LogP contribution is 2.05. The van der Waals surface area contributed by atoms with E-state index in [1.54, 1.807) is 29.9 Å². The summed E-state index contributed by atoms with van der Waals surface area (Å²) in [5.74, 6) is 0. The van der Waals surface area contributed by atoms with Crippen LogP contribution in [0, 0.1) is 0 Å². The van der Waals surface area contributed by atoms with Gasteiger partial charge in [0.1, 0.15) is 0 Å². The second-order valence-corrected chi connectivity index (χ2v) is 5.35. The number of aromatic nitrogens is 2. The van der Waals surface area contributed by atoms with Gasteiger partial charge in [-0.15, -0.1) is 0 Å². The molecule has 7 heteroatoms. The largest absolute Gasteiger partial charge is 0.390 e. The molecule has 2 amide bonds. The predicted molar refractivity (Wildman–Crippen MR) is 75.3 cm³/mol. The van der Waals surface area contributed by atoms with Crippen LogP contribution in [-0.2, 0) is 6.54 Å². The van der Waals surface area contributed by atoms with Gasteiger partial charge in [0, 0.05) is 59.2 Å². The van der Waals surface area contributed by atoms with E-state index < -0.39 is 6.10 Å². The molecule has 0 radical (unpaired) electrons. The fourth-order valence-electron chi connectivity index (χ4n) is 2.38. The third-order valence-corrected chi connectivity index (χ3v) is 3.45. The van der Waals surface area contributed by atoms with Crippen LogP contribution in [-0.4, -0.2) is 88.5 Å². The Morgan fingerprint density at radius 1 is 1.30 bits per heavy atom. The van der Waals surface area contributed by atoms with E-state index >= 15 is 0 Å². The Labute approximate surface area is 119 Å². The van der Waals surface area contributed by atoms with E-state index in [0.29, 0.717) is 26.2 Å². The van der Waals surface area contributed by atoms with Gasteiger partial charge in [0.15, 0.2) is 0 Å². The number of β-amino-alcohol motifs (C(OH)–C–C–N with tert-alkyl or cyclic N) is 1. The maximum atomic E-state index is 11.8. The van der Waals surface area contributed by atoms with Crippen LogP contribution >= 0.6 is 0 Å². The topological polar surface area (TPSA) is 64.8 Å². The minimum atomic E-state index is -0.439. The Balaban J connectivity index is 1.72. The molecule has 112 valence electrons. The molecule has 1 aromatic heterocycles. The van der Waals surface area contributed by atoms with E-state index in [2.05, 4.69) is 10.00 Å². The lowest BCUT2D eigenvalue weighted by molar-refractivity contribution is 0.0664. The first kappa shape index (κ1) is 14.8. The van der Waals surface area contributed by atoms with Gasteiger partial charge in [-0.2, -0.15) is 5.10 Å². The van der Waals surface area contributed by atoms with E-state index in [1.165, 1.54) is 0 Å². The third kappa shape index (κ3) is 3.94. The molecule has 1 saturated heterocycles. The average Bonchev–Trinajstić information content (AvgIpc) is 2.91. The molecular formula is C13H23N5O2. The highest BCUT2D eigenvalue weighted by molar-refractivity contribution is 5.73. The third-order valence-electron chi connectivity index (χ3n) is 3.45. The first-order valence-electron chi connectivity index (χ1n) is 6.90. The van der Waals surface area contributed by atoms with E-state index in [9.17, 15) is 9.90 Å². The van der Waals surface area contributed by atoms with Crippen molar-refractivity contribution >= 4 is 6.03 Å². The standard InChI is InChI=1S/C13H23N5O2/c1-15(2)13(20)17-8-6-16(7-9-17)10-12(19)11-18-5-3-4-14-18/h3-5,12,19H,6-11H2,1-2H3. The highest BCUT2D eigenvalue weighted by atomic mass is 16.3. The molecule has 2 rings (SSSR count). The number of piperazine rings is 1. The molecule has 7 nitrogen and oxygen atoms in total. The molecule has 1 fully saturated rings. The summed E-state index contributed by atoms with van der Waals surface area (Å²) in [5.41, 5.74) is 0. The lowest BCUT2D eigenvalue weighted by Crippen LogP contribution is -2.52. The van der Waals surface area contributed by atoms with Gasteiger partial charge < -0.3 is 14.9 Å². The Morgan fingerprint density at radius 3 is 2.55 bits per heavy atom. The van der Waals surface area contributed by atoms with Gasteiger partial charge in [-0.1, -0.05) is 0 Å². The van der Waals surface area contributed by atoms with E-state index in [4.69, 9.17) is 0 Å². The molecule has 1 atom stereocenters. The summed E-state index contributed by atoms with van der Waals surface area (Å²) in [6.07, 6.45) is 3.11. The number of aliphatic hydroxyl groups is 1. The van der Waals surface area contributed by atoms with Gasteiger partial charge in [-0.25, -0.2) is 4.79 Å². The van der Waals surface area contributed by atoms with Gasteiger partial charge in [0.2, 0.25) is 0 Å². The summed E-state index contributed by atoms with van der Waals surface area (Å²) < 4.78 is 1.73. The molecule has 20 heavy (non-hydrogen) atoms. The first-order chi connectivity index (χ1) is 9.56. The quantitative estimate of drug-likeness (QED) is 0.811. The van der Waals surface area contributed by atoms with E-state index in [-0.39, 0.29) is 6.03 Å². The first-order valence-corrected chi connectivity index (χ1v) is 6.90. The van der Waals surface area contributed by atoms with Crippen LogP contribution in [0.2, 0.25) is 0 Å². The number of hydrogen-bond acceptors (Lipinski definition) is 4. The molecule has 0 spiro atoms. The second kappa shape index (κ2) is 6.71. The van der Waals surface area contributed by atoms with Crippen molar-refractivity contribution in [3.05, 3.63) is 18.5 Å². The highest BCUT2D eigenvalue weighted by Gasteiger charge is 2.23. The Bertz CT molecular complexity index is 412. The van der Waals surface area contributed by atoms with Crippen molar-refractivity contribution in [3.63, 3.8) is 0 Å². The number of aliphatic hydroxyl groups excluding tert-OH is 1. The number of carbonyl (C=O) groups is 1. The molecule has 0 saturated carbocycles. The van der Waals surface area contributed by atoms with Gasteiger partial charge >= 0.3 is 6.03 Å². The Morgan fingerprint density at radius 2 is 2.00 bits per heavy atom. The SMILES string of the molecule is CN(C)C(=O)N1CCN(CC(O)Cn2cccn2)CC1. The molecule has 1 unspecified atom stereocenters. The predicted octanol–water partition coefficient (Wildman–Crippen LogP) is -0.457. The molecule has 2 heterocycles. The van der Waals surface area contributed by atoms with Crippen molar-refractivity contribution in [1.82, 2.24) is 24.5 Å². The van der Waals surface area contributed by atoms with Crippen molar-refractivity contribution in [2.24, 2.45) is 0 Å². The van der Waals surface area contributed by atoms with Gasteiger partial charge in [0.05, 0.1) is 12.6 Å². The molecule has 0 aromatic carbocycles. The van der Waals surface area contributed by atoms with Crippen LogP contribution in [0.4, 0.5) is 4.79 Å². The number of hydrogen-bond donors (Lipinski definition) is 1. The zero-order valence-corrected chi connectivity index (χ0v) is 12.1. The maximum Gasteiger partial charge on any atom is 0.319 e. The van der Waals surface area contributed by atoms with Crippen LogP contribution in [0.3, 0.4) is 0 Å². The van der Waals surface area contributed by atoms with Gasteiger partial charge in [-0.05, 0) is 6.07 Å². The van der Waals surface area contributed by atoms with Crippen LogP contribution in [0.1, 0.15) is 0 Å². The van der Waals surface area contributed by atoms with Crippen molar-refractivity contribution in [3.8, 4) is 0 Å². The molecule has 1 aromatic rings. The molecule has 1 aliphatic rings. The minimum absolute atomic E-state index is 0.0572. The van der Waals surface area contributed by atoms with Crippen LogP contribution in [0.25, 0.3) is 0 Å². The smallest absolute Gasteiger partial charge is 0.319 e. The van der Waals surface area contributed by atoms with Crippen molar-refractivity contribution in [2.75, 3.05) is 46.8 Å². The number of nitrogens with zero attached hydrogens (tertiary/aromatic N) is 5. The summed E-state index contributed by atoms with van der Waals surface area (Å²) in [5, 5.41) is 14.1. The van der Waals surface area contributed by atoms with Crippen LogP contribution in [0.5, 0.6) is 0 Å². The Hall–Kier alpha value is -1.60. The average molecular weight is 281 g/mol. The summed E-state index contributed by atoms with van der Waals surface area (Å²) >= 11 is 0. The molecule has 0 aliphatic carbocycles. The zero-order valence-electron chi connectivity index (χ0n) is 12.1. The Kier molecular flexibility index (Phi) is 4.97. The number of carbonyl (C=O) groups excluding carboxylic acids is 1. The summed E-state index contributed by atoms with van der Waals surface area (Å²) in [6.45, 7) is 4.15. The monoisotopic (exact) mass is 281 g/mol. The molecule has 1 aliphatic heterocycles. The van der Waals surface area contributed by atoms with E-state index in [1.807, 2.05) is 17.2 Å². The van der Waals surface area contributed by atoms with Gasteiger partial charge in [-0.3, -0.25) is 9.58 Å². The van der Waals surface area contributed by atoms with Gasteiger partial charge in [0.25, 0.3) is 0 Å². The minimum Gasteiger partial charge on any atom is -0.390 e. The summed E-state index contributed by atoms with van der Waals surface area (Å²) in [6, 6.07) is 1.90. The zero-order chi connectivity index (χ0) is 14.5.